The Labute approximate surface area is 159 Å². The van der Waals surface area contributed by atoms with Crippen LogP contribution in [0, 0.1) is 5.41 Å². The van der Waals surface area contributed by atoms with Crippen molar-refractivity contribution in [1.29, 1.82) is 0 Å². The first kappa shape index (κ1) is 22.2. The van der Waals surface area contributed by atoms with Crippen LogP contribution in [0.25, 0.3) is 0 Å². The van der Waals surface area contributed by atoms with Gasteiger partial charge < -0.3 is 9.47 Å². The monoisotopic (exact) mass is 358 g/mol. The van der Waals surface area contributed by atoms with Crippen molar-refractivity contribution in [3.63, 3.8) is 0 Å². The summed E-state index contributed by atoms with van der Waals surface area (Å²) < 4.78 is 10.6. The number of esters is 1. The summed E-state index contributed by atoms with van der Waals surface area (Å²) in [5.74, 6) is -0.265. The highest BCUT2D eigenvalue weighted by molar-refractivity contribution is 5.74. The van der Waals surface area contributed by atoms with Crippen molar-refractivity contribution in [3.8, 4) is 0 Å². The summed E-state index contributed by atoms with van der Waals surface area (Å²) in [6, 6.07) is 0. The summed E-state index contributed by atoms with van der Waals surface area (Å²) in [5, 5.41) is 0. The Bertz CT molecular complexity index is 514. The van der Waals surface area contributed by atoms with Crippen LogP contribution in [-0.4, -0.2) is 25.3 Å². The Hall–Kier alpha value is -1.87. The van der Waals surface area contributed by atoms with Crippen molar-refractivity contribution in [3.05, 3.63) is 60.8 Å². The van der Waals surface area contributed by atoms with E-state index in [1.165, 1.54) is 0 Å². The predicted molar refractivity (Wildman–Crippen MR) is 109 cm³/mol. The van der Waals surface area contributed by atoms with Gasteiger partial charge in [0.05, 0.1) is 6.61 Å². The fraction of sp³-hybridized carbons (Fsp3) is 0.522. The molecular weight excluding hydrogens is 324 g/mol. The number of carbonyl (C=O) groups excluding carboxylic acids is 1. The van der Waals surface area contributed by atoms with Gasteiger partial charge in [0.2, 0.25) is 0 Å². The lowest BCUT2D eigenvalue weighted by atomic mass is 9.88. The number of hydrogen-bond donors (Lipinski definition) is 0. The summed E-state index contributed by atoms with van der Waals surface area (Å²) in [6.45, 7) is 6.80. The normalized spacial score (nSPS) is 23.3. The number of allylic oxidation sites excluding steroid dienone is 10. The molecule has 0 amide bonds. The first-order valence-corrected chi connectivity index (χ1v) is 9.72. The molecule has 3 heteroatoms. The summed E-state index contributed by atoms with van der Waals surface area (Å²) in [5.41, 5.74) is -0.119. The molecule has 26 heavy (non-hydrogen) atoms. The zero-order valence-corrected chi connectivity index (χ0v) is 16.5. The van der Waals surface area contributed by atoms with Crippen molar-refractivity contribution in [2.45, 2.75) is 59.0 Å². The summed E-state index contributed by atoms with van der Waals surface area (Å²) in [6.07, 6.45) is 25.8. The SMILES string of the molecule is CCOC(=O)C(CC/C=C\C1(C)/C=C\C/C=C\C/C=C\C/C=C\1)OCC. The van der Waals surface area contributed by atoms with Gasteiger partial charge in [-0.15, -0.1) is 0 Å². The third-order valence-electron chi connectivity index (χ3n) is 4.09. The van der Waals surface area contributed by atoms with Gasteiger partial charge >= 0.3 is 5.97 Å². The van der Waals surface area contributed by atoms with E-state index in [0.29, 0.717) is 19.6 Å². The molecule has 0 bridgehead atoms. The Morgan fingerprint density at radius 1 is 1.00 bits per heavy atom. The molecule has 1 aliphatic carbocycles. The Balaban J connectivity index is 2.67. The molecule has 1 atom stereocenters. The van der Waals surface area contributed by atoms with Crippen LogP contribution < -0.4 is 0 Å². The van der Waals surface area contributed by atoms with Gasteiger partial charge in [0.15, 0.2) is 6.10 Å². The number of rotatable bonds is 8. The van der Waals surface area contributed by atoms with Crippen LogP contribution in [0.4, 0.5) is 0 Å². The lowest BCUT2D eigenvalue weighted by molar-refractivity contribution is -0.156. The van der Waals surface area contributed by atoms with Crippen LogP contribution in [0.15, 0.2) is 60.8 Å². The third kappa shape index (κ3) is 9.57. The molecule has 0 aromatic rings. The minimum Gasteiger partial charge on any atom is -0.464 e. The topological polar surface area (TPSA) is 35.5 Å². The standard InChI is InChI=1S/C23H34O3/c1-4-25-21(22(24)26-5-2)17-13-16-20-23(3)18-14-11-9-7-6-8-10-12-15-19-23/h7-10,14-16,18-21H,4-6,11-13,17H2,1-3H3/b9-7-,10-8-,18-14-,19-15-,20-16-. The van der Waals surface area contributed by atoms with Crippen LogP contribution in [0.3, 0.4) is 0 Å². The average Bonchev–Trinajstić information content (AvgIpc) is 2.61. The zero-order chi connectivity index (χ0) is 19.1. The molecule has 3 nitrogen and oxygen atoms in total. The van der Waals surface area contributed by atoms with Crippen molar-refractivity contribution in [1.82, 2.24) is 0 Å². The summed E-state index contributed by atoms with van der Waals surface area (Å²) in [4.78, 5) is 11.9. The fourth-order valence-corrected chi connectivity index (χ4v) is 2.72. The lowest BCUT2D eigenvalue weighted by Gasteiger charge is -2.18. The molecule has 0 heterocycles. The zero-order valence-electron chi connectivity index (χ0n) is 16.5. The second-order valence-corrected chi connectivity index (χ2v) is 6.50. The van der Waals surface area contributed by atoms with Gasteiger partial charge in [-0.2, -0.15) is 0 Å². The van der Waals surface area contributed by atoms with E-state index in [1.54, 1.807) is 0 Å². The van der Waals surface area contributed by atoms with Crippen molar-refractivity contribution < 1.29 is 14.3 Å². The second-order valence-electron chi connectivity index (χ2n) is 6.50. The van der Waals surface area contributed by atoms with Crippen molar-refractivity contribution in [2.75, 3.05) is 13.2 Å². The van der Waals surface area contributed by atoms with Crippen LogP contribution in [0.2, 0.25) is 0 Å². The lowest BCUT2D eigenvalue weighted by Crippen LogP contribution is -2.26. The minimum absolute atomic E-state index is 0.119. The smallest absolute Gasteiger partial charge is 0.335 e. The molecule has 1 unspecified atom stereocenters. The molecule has 0 saturated heterocycles. The first-order valence-electron chi connectivity index (χ1n) is 9.72. The largest absolute Gasteiger partial charge is 0.464 e. The van der Waals surface area contributed by atoms with Crippen molar-refractivity contribution in [2.24, 2.45) is 5.41 Å². The molecule has 0 fully saturated rings. The average molecular weight is 359 g/mol. The molecule has 0 aliphatic heterocycles. The minimum atomic E-state index is -0.477. The molecule has 1 aliphatic rings. The molecule has 0 N–H and O–H groups in total. The van der Waals surface area contributed by atoms with Crippen molar-refractivity contribution >= 4 is 5.97 Å². The van der Waals surface area contributed by atoms with E-state index in [-0.39, 0.29) is 11.4 Å². The van der Waals surface area contributed by atoms with E-state index >= 15 is 0 Å². The highest BCUT2D eigenvalue weighted by atomic mass is 16.6. The molecule has 0 aromatic heterocycles. The Morgan fingerprint density at radius 2 is 1.58 bits per heavy atom. The van der Waals surface area contributed by atoms with Gasteiger partial charge in [0.25, 0.3) is 0 Å². The maximum Gasteiger partial charge on any atom is 0.335 e. The van der Waals surface area contributed by atoms with Gasteiger partial charge in [0, 0.05) is 12.0 Å². The molecule has 1 rings (SSSR count). The van der Waals surface area contributed by atoms with Crippen LogP contribution in [-0.2, 0) is 14.3 Å². The summed E-state index contributed by atoms with van der Waals surface area (Å²) >= 11 is 0. The van der Waals surface area contributed by atoms with E-state index in [4.69, 9.17) is 9.47 Å². The first-order chi connectivity index (χ1) is 12.6. The van der Waals surface area contributed by atoms with Crippen LogP contribution >= 0.6 is 0 Å². The van der Waals surface area contributed by atoms with Gasteiger partial charge in [0.1, 0.15) is 0 Å². The van der Waals surface area contributed by atoms with E-state index in [0.717, 1.165) is 25.7 Å². The molecule has 0 saturated carbocycles. The maximum absolute atomic E-state index is 11.9. The number of hydrogen-bond acceptors (Lipinski definition) is 3. The molecule has 0 spiro atoms. The Kier molecular flexibility index (Phi) is 11.4. The summed E-state index contributed by atoms with van der Waals surface area (Å²) in [7, 11) is 0. The highest BCUT2D eigenvalue weighted by Gasteiger charge is 2.19. The van der Waals surface area contributed by atoms with Gasteiger partial charge in [-0.05, 0) is 52.9 Å². The highest BCUT2D eigenvalue weighted by Crippen LogP contribution is 2.24. The number of ether oxygens (including phenoxy) is 2. The third-order valence-corrected chi connectivity index (χ3v) is 4.09. The predicted octanol–water partition coefficient (Wildman–Crippen LogP) is 5.71. The van der Waals surface area contributed by atoms with E-state index in [9.17, 15) is 4.79 Å². The maximum atomic E-state index is 11.9. The van der Waals surface area contributed by atoms with E-state index in [2.05, 4.69) is 67.7 Å². The van der Waals surface area contributed by atoms with Gasteiger partial charge in [-0.25, -0.2) is 4.79 Å². The molecular formula is C23H34O3. The number of carbonyl (C=O) groups is 1. The molecule has 0 radical (unpaired) electrons. The second kappa shape index (κ2) is 13.3. The van der Waals surface area contributed by atoms with Gasteiger partial charge in [-0.1, -0.05) is 60.8 Å². The fourth-order valence-electron chi connectivity index (χ4n) is 2.72. The van der Waals surface area contributed by atoms with E-state index < -0.39 is 6.10 Å². The van der Waals surface area contributed by atoms with Crippen LogP contribution in [0.1, 0.15) is 52.9 Å². The molecule has 0 aromatic carbocycles. The van der Waals surface area contributed by atoms with Crippen LogP contribution in [0.5, 0.6) is 0 Å². The quantitative estimate of drug-likeness (QED) is 0.412. The van der Waals surface area contributed by atoms with Gasteiger partial charge in [-0.3, -0.25) is 0 Å². The Morgan fingerprint density at radius 3 is 2.12 bits per heavy atom. The molecule has 144 valence electrons. The van der Waals surface area contributed by atoms with E-state index in [1.807, 2.05) is 13.8 Å².